The van der Waals surface area contributed by atoms with Gasteiger partial charge >= 0.3 is 6.18 Å². The van der Waals surface area contributed by atoms with E-state index in [1.165, 1.54) is 11.0 Å². The molecular weight excluding hydrogens is 662 g/mol. The van der Waals surface area contributed by atoms with Crippen molar-refractivity contribution in [1.29, 1.82) is 0 Å². The Morgan fingerprint density at radius 3 is 2.18 bits per heavy atom. The van der Waals surface area contributed by atoms with E-state index in [2.05, 4.69) is 5.32 Å². The molecule has 0 unspecified atom stereocenters. The number of sulfonamides is 1. The van der Waals surface area contributed by atoms with Gasteiger partial charge in [0.1, 0.15) is 12.6 Å². The average Bonchev–Trinajstić information content (AvgIpc) is 2.94. The van der Waals surface area contributed by atoms with E-state index in [1.807, 2.05) is 6.92 Å². The van der Waals surface area contributed by atoms with Crippen molar-refractivity contribution >= 4 is 62.3 Å². The monoisotopic (exact) mass is 691 g/mol. The minimum Gasteiger partial charge on any atom is -0.352 e. The Hall–Kier alpha value is -2.99. The highest BCUT2D eigenvalue weighted by molar-refractivity contribution is 7.92. The van der Waals surface area contributed by atoms with Gasteiger partial charge in [0.2, 0.25) is 21.8 Å². The Balaban J connectivity index is 2.13. The van der Waals surface area contributed by atoms with Crippen molar-refractivity contribution in [3.05, 3.63) is 98.5 Å². The van der Waals surface area contributed by atoms with E-state index >= 15 is 0 Å². The molecule has 7 nitrogen and oxygen atoms in total. The van der Waals surface area contributed by atoms with E-state index in [4.69, 9.17) is 34.8 Å². The van der Waals surface area contributed by atoms with Crippen LogP contribution in [0.1, 0.15) is 37.0 Å². The number of nitrogens with zero attached hydrogens (tertiary/aromatic N) is 2. The van der Waals surface area contributed by atoms with E-state index in [0.717, 1.165) is 18.4 Å². The molecule has 0 bridgehead atoms. The van der Waals surface area contributed by atoms with Crippen LogP contribution in [0.4, 0.5) is 18.9 Å². The number of benzene rings is 3. The summed E-state index contributed by atoms with van der Waals surface area (Å²) in [5, 5.41) is 2.78. The Morgan fingerprint density at radius 2 is 1.61 bits per heavy atom. The van der Waals surface area contributed by atoms with Gasteiger partial charge in [-0.1, -0.05) is 78.1 Å². The normalized spacial score (nSPS) is 13.2. The number of rotatable bonds is 12. The van der Waals surface area contributed by atoms with Crippen LogP contribution in [-0.2, 0) is 38.8 Å². The molecule has 0 radical (unpaired) electrons. The fourth-order valence-electron chi connectivity index (χ4n) is 4.33. The lowest BCUT2D eigenvalue weighted by Gasteiger charge is -2.34. The van der Waals surface area contributed by atoms with E-state index in [1.54, 1.807) is 49.4 Å². The number of hydrogen-bond acceptors (Lipinski definition) is 4. The smallest absolute Gasteiger partial charge is 0.352 e. The predicted molar refractivity (Wildman–Crippen MR) is 167 cm³/mol. The molecule has 1 N–H and O–H groups in total. The zero-order valence-corrected chi connectivity index (χ0v) is 27.1. The van der Waals surface area contributed by atoms with Gasteiger partial charge in [-0.15, -0.1) is 0 Å². The molecule has 0 aliphatic rings. The van der Waals surface area contributed by atoms with Crippen molar-refractivity contribution < 1.29 is 31.2 Å². The molecule has 44 heavy (non-hydrogen) atoms. The van der Waals surface area contributed by atoms with Crippen LogP contribution in [-0.4, -0.2) is 50.0 Å². The summed E-state index contributed by atoms with van der Waals surface area (Å²) in [6.07, 6.45) is -3.47. The number of carbonyl (C=O) groups excluding carboxylic acids is 2. The fraction of sp³-hybridized carbons (Fsp3) is 0.333. The van der Waals surface area contributed by atoms with Gasteiger partial charge in [0, 0.05) is 29.1 Å². The number of alkyl halides is 3. The molecule has 0 aliphatic heterocycles. The molecule has 0 spiro atoms. The fourth-order valence-corrected chi connectivity index (χ4v) is 5.86. The first-order valence-corrected chi connectivity index (χ1v) is 16.4. The lowest BCUT2D eigenvalue weighted by Crippen LogP contribution is -2.54. The van der Waals surface area contributed by atoms with Crippen molar-refractivity contribution in [3.63, 3.8) is 0 Å². The predicted octanol–water partition coefficient (Wildman–Crippen LogP) is 6.99. The van der Waals surface area contributed by atoms with E-state index in [0.29, 0.717) is 32.9 Å². The van der Waals surface area contributed by atoms with Crippen molar-refractivity contribution in [2.75, 3.05) is 17.1 Å². The van der Waals surface area contributed by atoms with Crippen molar-refractivity contribution in [3.8, 4) is 0 Å². The van der Waals surface area contributed by atoms with Crippen molar-refractivity contribution in [2.45, 2.75) is 51.5 Å². The zero-order valence-electron chi connectivity index (χ0n) is 24.0. The summed E-state index contributed by atoms with van der Waals surface area (Å²) in [5.41, 5.74) is -0.567. The highest BCUT2D eigenvalue weighted by Gasteiger charge is 2.36. The summed E-state index contributed by atoms with van der Waals surface area (Å²) in [5.74, 6) is -1.36. The van der Waals surface area contributed by atoms with Crippen molar-refractivity contribution in [2.24, 2.45) is 0 Å². The van der Waals surface area contributed by atoms with Gasteiger partial charge in [-0.2, -0.15) is 13.2 Å². The van der Waals surface area contributed by atoms with Gasteiger partial charge in [-0.05, 0) is 54.8 Å². The first-order valence-electron chi connectivity index (χ1n) is 13.4. The van der Waals surface area contributed by atoms with Crippen LogP contribution in [0.15, 0.2) is 66.7 Å². The summed E-state index contributed by atoms with van der Waals surface area (Å²) in [4.78, 5) is 29.0. The lowest BCUT2D eigenvalue weighted by molar-refractivity contribution is -0.140. The van der Waals surface area contributed by atoms with Gasteiger partial charge < -0.3 is 10.2 Å². The average molecular weight is 693 g/mol. The topological polar surface area (TPSA) is 86.8 Å². The van der Waals surface area contributed by atoms with E-state index in [9.17, 15) is 31.2 Å². The second-order valence-corrected chi connectivity index (χ2v) is 13.4. The molecule has 0 fully saturated rings. The minimum absolute atomic E-state index is 0.0537. The van der Waals surface area contributed by atoms with Crippen LogP contribution in [0.2, 0.25) is 15.1 Å². The molecule has 3 rings (SSSR count). The third kappa shape index (κ3) is 9.50. The molecule has 0 saturated carbocycles. The van der Waals surface area contributed by atoms with Crippen LogP contribution >= 0.6 is 34.8 Å². The van der Waals surface area contributed by atoms with Gasteiger partial charge in [-0.3, -0.25) is 13.9 Å². The number of halogens is 6. The van der Waals surface area contributed by atoms with Crippen LogP contribution in [0.3, 0.4) is 0 Å². The number of nitrogens with one attached hydrogen (secondary N) is 1. The molecule has 3 aromatic carbocycles. The third-order valence-electron chi connectivity index (χ3n) is 6.85. The minimum atomic E-state index is -4.88. The molecule has 0 aromatic heterocycles. The number of carbonyl (C=O) groups is 2. The standard InChI is InChI=1S/C30H31Cl3F3N3O4S/c1-4-19(2)37-29(41)27(14-20-8-6-5-7-9-20)38(17-21-10-11-22(31)15-26(21)33)28(40)18-39(44(3,42)43)23-12-13-25(32)24(16-23)30(34,35)36/h5-13,15-16,19,27H,4,14,17-18H2,1-3H3,(H,37,41)/t19-,27+/m0/s1. The van der Waals surface area contributed by atoms with Crippen molar-refractivity contribution in [1.82, 2.24) is 10.2 Å². The zero-order chi connectivity index (χ0) is 32.8. The Bertz CT molecular complexity index is 1590. The molecule has 2 amide bonds. The molecule has 0 aliphatic carbocycles. The Labute approximate surface area is 269 Å². The number of hydrogen-bond donors (Lipinski definition) is 1. The molecule has 0 saturated heterocycles. The van der Waals surface area contributed by atoms with Crippen LogP contribution < -0.4 is 9.62 Å². The summed E-state index contributed by atoms with van der Waals surface area (Å²) < 4.78 is 67.2. The maximum atomic E-state index is 14.1. The quantitative estimate of drug-likeness (QED) is 0.222. The molecule has 14 heteroatoms. The second-order valence-electron chi connectivity index (χ2n) is 10.2. The van der Waals surface area contributed by atoms with Gasteiger partial charge in [0.15, 0.2) is 0 Å². The van der Waals surface area contributed by atoms with Gasteiger partial charge in [0.25, 0.3) is 0 Å². The third-order valence-corrected chi connectivity index (χ3v) is 8.91. The maximum absolute atomic E-state index is 14.1. The van der Waals surface area contributed by atoms with Crippen LogP contribution in [0, 0.1) is 0 Å². The molecule has 2 atom stereocenters. The summed E-state index contributed by atoms with van der Waals surface area (Å²) in [6.45, 7) is 2.53. The Kier molecular flexibility index (Phi) is 12.0. The number of anilines is 1. The Morgan fingerprint density at radius 1 is 0.955 bits per heavy atom. The largest absolute Gasteiger partial charge is 0.417 e. The second kappa shape index (κ2) is 14.9. The highest BCUT2D eigenvalue weighted by Crippen LogP contribution is 2.37. The van der Waals surface area contributed by atoms with Gasteiger partial charge in [-0.25, -0.2) is 8.42 Å². The summed E-state index contributed by atoms with van der Waals surface area (Å²) >= 11 is 18.2. The van der Waals surface area contributed by atoms with Gasteiger partial charge in [0.05, 0.1) is 22.5 Å². The maximum Gasteiger partial charge on any atom is 0.417 e. The molecular formula is C30H31Cl3F3N3O4S. The summed E-state index contributed by atoms with van der Waals surface area (Å²) in [7, 11) is -4.30. The number of amides is 2. The van der Waals surface area contributed by atoms with E-state index < -0.39 is 56.9 Å². The lowest BCUT2D eigenvalue weighted by atomic mass is 10.0. The first kappa shape index (κ1) is 35.5. The highest BCUT2D eigenvalue weighted by atomic mass is 35.5. The SMILES string of the molecule is CC[C@H](C)NC(=O)[C@@H](Cc1ccccc1)N(Cc1ccc(Cl)cc1Cl)C(=O)CN(c1ccc(Cl)c(C(F)(F)F)c1)S(C)(=O)=O. The first-order chi connectivity index (χ1) is 20.5. The molecule has 3 aromatic rings. The van der Waals surface area contributed by atoms with E-state index in [-0.39, 0.29) is 24.0 Å². The van der Waals surface area contributed by atoms with Crippen LogP contribution in [0.25, 0.3) is 0 Å². The molecule has 0 heterocycles. The summed E-state index contributed by atoms with van der Waals surface area (Å²) in [6, 6.07) is 14.6. The molecule has 238 valence electrons. The van der Waals surface area contributed by atoms with Crippen LogP contribution in [0.5, 0.6) is 0 Å².